The summed E-state index contributed by atoms with van der Waals surface area (Å²) in [5, 5.41) is 0.441. The van der Waals surface area contributed by atoms with E-state index in [4.69, 9.17) is 4.74 Å². The van der Waals surface area contributed by atoms with Gasteiger partial charge >= 0.3 is 6.09 Å². The van der Waals surface area contributed by atoms with E-state index in [0.717, 1.165) is 15.7 Å². The molecule has 1 atom stereocenters. The summed E-state index contributed by atoms with van der Waals surface area (Å²) in [6, 6.07) is 21.1. The van der Waals surface area contributed by atoms with Crippen molar-refractivity contribution in [2.45, 2.75) is 36.6 Å². The first kappa shape index (κ1) is 20.9. The van der Waals surface area contributed by atoms with Crippen LogP contribution in [0.4, 0.5) is 4.79 Å². The van der Waals surface area contributed by atoms with E-state index in [1.165, 1.54) is 19.2 Å². The van der Waals surface area contributed by atoms with Gasteiger partial charge in [0.15, 0.2) is 5.37 Å². The molecule has 1 unspecified atom stereocenters. The second-order valence-electron chi connectivity index (χ2n) is 7.87. The summed E-state index contributed by atoms with van der Waals surface area (Å²) in [5.74, 6) is 0. The van der Waals surface area contributed by atoms with Gasteiger partial charge in [-0.15, -0.1) is 0 Å². The van der Waals surface area contributed by atoms with Crippen LogP contribution in [0.5, 0.6) is 0 Å². The summed E-state index contributed by atoms with van der Waals surface area (Å²) in [6.45, 7) is 5.24. The third-order valence-corrected chi connectivity index (χ3v) is 6.58. The minimum Gasteiger partial charge on any atom is -0.444 e. The molecular formula is C23H25NO4S. The van der Waals surface area contributed by atoms with Crippen molar-refractivity contribution in [2.24, 2.45) is 0 Å². The minimum atomic E-state index is -3.92. The minimum absolute atomic E-state index is 0.147. The highest BCUT2D eigenvalue weighted by Gasteiger charge is 2.37. The van der Waals surface area contributed by atoms with Crippen LogP contribution in [-0.4, -0.2) is 32.1 Å². The van der Waals surface area contributed by atoms with E-state index < -0.39 is 26.9 Å². The van der Waals surface area contributed by atoms with E-state index in [1.807, 2.05) is 30.3 Å². The Morgan fingerprint density at radius 1 is 0.897 bits per heavy atom. The van der Waals surface area contributed by atoms with Crippen molar-refractivity contribution in [3.63, 3.8) is 0 Å². The highest BCUT2D eigenvalue weighted by Crippen LogP contribution is 2.36. The smallest absolute Gasteiger partial charge is 0.411 e. The zero-order valence-corrected chi connectivity index (χ0v) is 17.8. The molecule has 0 fully saturated rings. The summed E-state index contributed by atoms with van der Waals surface area (Å²) < 4.78 is 32.7. The molecule has 0 spiro atoms. The van der Waals surface area contributed by atoms with Gasteiger partial charge in [-0.25, -0.2) is 13.2 Å². The lowest BCUT2D eigenvalue weighted by Crippen LogP contribution is -2.39. The molecule has 0 heterocycles. The zero-order valence-electron chi connectivity index (χ0n) is 17.0. The second-order valence-corrected chi connectivity index (χ2v) is 9.88. The molecule has 3 rings (SSSR count). The Kier molecular flexibility index (Phi) is 5.66. The van der Waals surface area contributed by atoms with Crippen molar-refractivity contribution in [2.75, 3.05) is 7.05 Å². The summed E-state index contributed by atoms with van der Waals surface area (Å²) in [5.41, 5.74) is -0.217. The maximum Gasteiger partial charge on any atom is 0.411 e. The van der Waals surface area contributed by atoms with Gasteiger partial charge in [0.05, 0.1) is 4.90 Å². The van der Waals surface area contributed by atoms with Crippen LogP contribution < -0.4 is 0 Å². The van der Waals surface area contributed by atoms with E-state index >= 15 is 0 Å². The van der Waals surface area contributed by atoms with Gasteiger partial charge in [-0.1, -0.05) is 60.7 Å². The lowest BCUT2D eigenvalue weighted by molar-refractivity contribution is 0.0273. The molecule has 29 heavy (non-hydrogen) atoms. The van der Waals surface area contributed by atoms with Gasteiger partial charge in [0.25, 0.3) is 0 Å². The number of nitrogens with zero attached hydrogens (tertiary/aromatic N) is 1. The van der Waals surface area contributed by atoms with E-state index in [1.54, 1.807) is 51.1 Å². The standard InChI is InChI=1S/C23H25NO4S/c1-23(2,3)28-22(25)24(4)21(29(26,27)18-13-6-5-7-14-18)20-16-10-12-17-11-8-9-15-19(17)20/h5-16,21H,1-4H3. The average Bonchev–Trinajstić information content (AvgIpc) is 2.67. The second kappa shape index (κ2) is 7.87. The van der Waals surface area contributed by atoms with Crippen molar-refractivity contribution in [1.82, 2.24) is 4.90 Å². The van der Waals surface area contributed by atoms with Crippen LogP contribution in [0.2, 0.25) is 0 Å². The van der Waals surface area contributed by atoms with Crippen LogP contribution in [0, 0.1) is 0 Å². The molecule has 152 valence electrons. The van der Waals surface area contributed by atoms with Gasteiger partial charge in [-0.3, -0.25) is 4.90 Å². The first-order valence-electron chi connectivity index (χ1n) is 9.34. The monoisotopic (exact) mass is 411 g/mol. The van der Waals surface area contributed by atoms with Crippen LogP contribution >= 0.6 is 0 Å². The van der Waals surface area contributed by atoms with Crippen molar-refractivity contribution in [1.29, 1.82) is 0 Å². The quantitative estimate of drug-likeness (QED) is 0.593. The van der Waals surface area contributed by atoms with Crippen LogP contribution in [0.25, 0.3) is 10.8 Å². The van der Waals surface area contributed by atoms with Crippen LogP contribution in [0.3, 0.4) is 0 Å². The predicted octanol–water partition coefficient (Wildman–Crippen LogP) is 5.18. The zero-order chi connectivity index (χ0) is 21.2. The fourth-order valence-corrected chi connectivity index (χ4v) is 5.05. The van der Waals surface area contributed by atoms with Gasteiger partial charge in [-0.05, 0) is 49.2 Å². The number of fused-ring (bicyclic) bond motifs is 1. The molecule has 0 saturated carbocycles. The fourth-order valence-electron chi connectivity index (χ4n) is 3.22. The first-order valence-corrected chi connectivity index (χ1v) is 10.9. The molecule has 3 aromatic carbocycles. The van der Waals surface area contributed by atoms with Crippen molar-refractivity contribution < 1.29 is 17.9 Å². The van der Waals surface area contributed by atoms with Gasteiger partial charge in [0.1, 0.15) is 5.60 Å². The summed E-state index contributed by atoms with van der Waals surface area (Å²) >= 11 is 0. The SMILES string of the molecule is CN(C(=O)OC(C)(C)C)C(c1cccc2ccccc12)S(=O)(=O)c1ccccc1. The Morgan fingerprint density at radius 2 is 1.48 bits per heavy atom. The highest BCUT2D eigenvalue weighted by atomic mass is 32.2. The van der Waals surface area contributed by atoms with Crippen molar-refractivity contribution in [3.05, 3.63) is 78.4 Å². The Hall–Kier alpha value is -2.86. The molecule has 3 aromatic rings. The maximum atomic E-state index is 13.6. The largest absolute Gasteiger partial charge is 0.444 e. The lowest BCUT2D eigenvalue weighted by atomic mass is 10.0. The lowest BCUT2D eigenvalue weighted by Gasteiger charge is -2.31. The predicted molar refractivity (Wildman–Crippen MR) is 114 cm³/mol. The van der Waals surface area contributed by atoms with E-state index in [2.05, 4.69) is 0 Å². The Bertz CT molecular complexity index is 1110. The van der Waals surface area contributed by atoms with Crippen LogP contribution in [-0.2, 0) is 14.6 Å². The van der Waals surface area contributed by atoms with Crippen LogP contribution in [0.1, 0.15) is 31.7 Å². The number of carbonyl (C=O) groups is 1. The number of amides is 1. The molecule has 6 heteroatoms. The summed E-state index contributed by atoms with van der Waals surface area (Å²) in [7, 11) is -2.46. The first-order chi connectivity index (χ1) is 13.6. The van der Waals surface area contributed by atoms with Crippen molar-refractivity contribution >= 4 is 26.7 Å². The van der Waals surface area contributed by atoms with Gasteiger partial charge in [0, 0.05) is 7.05 Å². The van der Waals surface area contributed by atoms with Crippen molar-refractivity contribution in [3.8, 4) is 0 Å². The number of ether oxygens (including phenoxy) is 1. The molecule has 5 nitrogen and oxygen atoms in total. The molecule has 0 N–H and O–H groups in total. The highest BCUT2D eigenvalue weighted by molar-refractivity contribution is 7.91. The van der Waals surface area contributed by atoms with E-state index in [-0.39, 0.29) is 4.90 Å². The van der Waals surface area contributed by atoms with Gasteiger partial charge in [-0.2, -0.15) is 0 Å². The third kappa shape index (κ3) is 4.43. The molecular weight excluding hydrogens is 386 g/mol. The Morgan fingerprint density at radius 3 is 2.14 bits per heavy atom. The molecule has 0 bridgehead atoms. The Labute approximate surface area is 171 Å². The summed E-state index contributed by atoms with van der Waals surface area (Å²) in [6.07, 6.45) is -0.699. The van der Waals surface area contributed by atoms with E-state index in [0.29, 0.717) is 5.56 Å². The number of benzene rings is 3. The number of hydrogen-bond donors (Lipinski definition) is 0. The molecule has 0 aliphatic heterocycles. The van der Waals surface area contributed by atoms with Gasteiger partial charge < -0.3 is 4.74 Å². The molecule has 0 saturated heterocycles. The average molecular weight is 412 g/mol. The molecule has 1 amide bonds. The topological polar surface area (TPSA) is 63.7 Å². The molecule has 0 aliphatic carbocycles. The molecule has 0 radical (unpaired) electrons. The number of hydrogen-bond acceptors (Lipinski definition) is 4. The van der Waals surface area contributed by atoms with Gasteiger partial charge in [0.2, 0.25) is 9.84 Å². The van der Waals surface area contributed by atoms with Crippen LogP contribution in [0.15, 0.2) is 77.7 Å². The fraction of sp³-hybridized carbons (Fsp3) is 0.261. The Balaban J connectivity index is 2.21. The third-order valence-electron chi connectivity index (χ3n) is 4.49. The maximum absolute atomic E-state index is 13.6. The number of sulfone groups is 1. The van der Waals surface area contributed by atoms with E-state index in [9.17, 15) is 13.2 Å². The summed E-state index contributed by atoms with van der Waals surface area (Å²) in [4.78, 5) is 14.1. The normalized spacial score (nSPS) is 13.1. The number of carbonyl (C=O) groups excluding carboxylic acids is 1. The number of rotatable bonds is 4. The molecule has 0 aromatic heterocycles. The molecule has 0 aliphatic rings.